The van der Waals surface area contributed by atoms with Crippen molar-refractivity contribution in [1.82, 2.24) is 9.80 Å². The highest BCUT2D eigenvalue weighted by Crippen LogP contribution is 2.32. The summed E-state index contributed by atoms with van der Waals surface area (Å²) >= 11 is 0. The second-order valence-corrected chi connectivity index (χ2v) is 8.09. The molecule has 0 bridgehead atoms. The summed E-state index contributed by atoms with van der Waals surface area (Å²) in [6, 6.07) is 13.7. The Morgan fingerprint density at radius 3 is 2.67 bits per heavy atom. The average molecular weight is 370 g/mol. The standard InChI is InChI=1S/C22H27FN2O2/c1-22(2)15-24(8-9-25(22)12-17-6-4-3-5-7-17)13-18-10-20(23)11-19-14-26-16-27-21(18)19/h3-7,10-11H,8-9,12-16H2,1-2H3. The third-order valence-corrected chi connectivity index (χ3v) is 5.51. The van der Waals surface area contributed by atoms with Crippen molar-refractivity contribution in [2.45, 2.75) is 39.1 Å². The molecule has 0 N–H and O–H groups in total. The van der Waals surface area contributed by atoms with Crippen molar-refractivity contribution < 1.29 is 13.9 Å². The van der Waals surface area contributed by atoms with Crippen molar-refractivity contribution in [3.05, 3.63) is 65.0 Å². The summed E-state index contributed by atoms with van der Waals surface area (Å²) in [5, 5.41) is 0. The number of fused-ring (bicyclic) bond motifs is 1. The molecule has 2 aromatic rings. The maximum atomic E-state index is 14.0. The molecule has 1 saturated heterocycles. The van der Waals surface area contributed by atoms with Gasteiger partial charge in [0.05, 0.1) is 6.61 Å². The van der Waals surface area contributed by atoms with Crippen LogP contribution in [0, 0.1) is 5.82 Å². The fourth-order valence-corrected chi connectivity index (χ4v) is 4.14. The molecule has 0 aromatic heterocycles. The number of hydrogen-bond acceptors (Lipinski definition) is 4. The van der Waals surface area contributed by atoms with E-state index in [1.807, 2.05) is 0 Å². The largest absolute Gasteiger partial charge is 0.467 e. The van der Waals surface area contributed by atoms with Gasteiger partial charge in [0, 0.05) is 49.4 Å². The highest BCUT2D eigenvalue weighted by Gasteiger charge is 2.34. The van der Waals surface area contributed by atoms with Gasteiger partial charge in [-0.1, -0.05) is 30.3 Å². The molecule has 0 saturated carbocycles. The van der Waals surface area contributed by atoms with E-state index in [0.29, 0.717) is 13.2 Å². The van der Waals surface area contributed by atoms with Crippen LogP contribution in [0.3, 0.4) is 0 Å². The molecule has 0 unspecified atom stereocenters. The number of benzene rings is 2. The molecule has 27 heavy (non-hydrogen) atoms. The molecular formula is C22H27FN2O2. The second kappa shape index (κ2) is 7.58. The Balaban J connectivity index is 1.46. The molecule has 2 aromatic carbocycles. The first-order valence-electron chi connectivity index (χ1n) is 9.54. The summed E-state index contributed by atoms with van der Waals surface area (Å²) in [7, 11) is 0. The van der Waals surface area contributed by atoms with Crippen molar-refractivity contribution in [3.63, 3.8) is 0 Å². The van der Waals surface area contributed by atoms with E-state index in [1.54, 1.807) is 6.07 Å². The smallest absolute Gasteiger partial charge is 0.189 e. The number of hydrogen-bond donors (Lipinski definition) is 0. The van der Waals surface area contributed by atoms with Crippen LogP contribution in [0.1, 0.15) is 30.5 Å². The molecule has 2 aliphatic heterocycles. The highest BCUT2D eigenvalue weighted by atomic mass is 19.1. The lowest BCUT2D eigenvalue weighted by Crippen LogP contribution is -2.58. The summed E-state index contributed by atoms with van der Waals surface area (Å²) < 4.78 is 25.0. The van der Waals surface area contributed by atoms with Crippen LogP contribution in [-0.2, 0) is 24.4 Å². The van der Waals surface area contributed by atoms with E-state index in [1.165, 1.54) is 11.6 Å². The van der Waals surface area contributed by atoms with Crippen molar-refractivity contribution in [2.24, 2.45) is 0 Å². The maximum Gasteiger partial charge on any atom is 0.189 e. The molecule has 0 spiro atoms. The summed E-state index contributed by atoms with van der Waals surface area (Å²) in [6.45, 7) is 9.75. The van der Waals surface area contributed by atoms with Crippen molar-refractivity contribution >= 4 is 0 Å². The molecular weight excluding hydrogens is 343 g/mol. The molecule has 144 valence electrons. The Kier molecular flexibility index (Phi) is 5.17. The molecule has 0 radical (unpaired) electrons. The quantitative estimate of drug-likeness (QED) is 0.818. The highest BCUT2D eigenvalue weighted by molar-refractivity contribution is 5.42. The van der Waals surface area contributed by atoms with Crippen molar-refractivity contribution in [2.75, 3.05) is 26.4 Å². The summed E-state index contributed by atoms with van der Waals surface area (Å²) in [6.07, 6.45) is 0. The Morgan fingerprint density at radius 2 is 1.89 bits per heavy atom. The summed E-state index contributed by atoms with van der Waals surface area (Å²) in [5.41, 5.74) is 3.11. The molecule has 2 aliphatic rings. The van der Waals surface area contributed by atoms with Crippen LogP contribution < -0.4 is 4.74 Å². The summed E-state index contributed by atoms with van der Waals surface area (Å²) in [5.74, 6) is 0.576. The molecule has 4 nitrogen and oxygen atoms in total. The van der Waals surface area contributed by atoms with Crippen LogP contribution in [0.25, 0.3) is 0 Å². The van der Waals surface area contributed by atoms with Crippen molar-refractivity contribution in [1.29, 1.82) is 0 Å². The van der Waals surface area contributed by atoms with Crippen LogP contribution in [0.5, 0.6) is 5.75 Å². The minimum Gasteiger partial charge on any atom is -0.467 e. The fraction of sp³-hybridized carbons (Fsp3) is 0.455. The Morgan fingerprint density at radius 1 is 1.07 bits per heavy atom. The topological polar surface area (TPSA) is 24.9 Å². The number of halogens is 1. The molecule has 5 heteroatoms. The maximum absolute atomic E-state index is 14.0. The van der Waals surface area contributed by atoms with Gasteiger partial charge in [-0.25, -0.2) is 4.39 Å². The first-order chi connectivity index (χ1) is 13.0. The van der Waals surface area contributed by atoms with Gasteiger partial charge in [0.1, 0.15) is 11.6 Å². The summed E-state index contributed by atoms with van der Waals surface area (Å²) in [4.78, 5) is 4.93. The first-order valence-corrected chi connectivity index (χ1v) is 9.54. The van der Waals surface area contributed by atoms with Gasteiger partial charge < -0.3 is 9.47 Å². The van der Waals surface area contributed by atoms with Gasteiger partial charge >= 0.3 is 0 Å². The third-order valence-electron chi connectivity index (χ3n) is 5.51. The van der Waals surface area contributed by atoms with Crippen LogP contribution in [0.2, 0.25) is 0 Å². The number of nitrogens with zero attached hydrogens (tertiary/aromatic N) is 2. The van der Waals surface area contributed by atoms with Crippen molar-refractivity contribution in [3.8, 4) is 5.75 Å². The molecule has 0 aliphatic carbocycles. The van der Waals surface area contributed by atoms with E-state index in [9.17, 15) is 4.39 Å². The van der Waals surface area contributed by atoms with Crippen LogP contribution in [0.4, 0.5) is 4.39 Å². The van der Waals surface area contributed by atoms with E-state index in [2.05, 4.69) is 54.0 Å². The Labute approximate surface area is 160 Å². The van der Waals surface area contributed by atoms with Gasteiger partial charge in [0.25, 0.3) is 0 Å². The zero-order valence-corrected chi connectivity index (χ0v) is 16.1. The van der Waals surface area contributed by atoms with Crippen LogP contribution >= 0.6 is 0 Å². The third kappa shape index (κ3) is 4.15. The minimum absolute atomic E-state index is 0.0471. The SMILES string of the molecule is CC1(C)CN(Cc2cc(F)cc3c2OCOC3)CCN1Cc1ccccc1. The molecule has 0 amide bonds. The number of rotatable bonds is 4. The predicted octanol–water partition coefficient (Wildman–Crippen LogP) is 3.79. The lowest BCUT2D eigenvalue weighted by Gasteiger charge is -2.47. The second-order valence-electron chi connectivity index (χ2n) is 8.09. The van der Waals surface area contributed by atoms with E-state index in [0.717, 1.165) is 43.1 Å². The van der Waals surface area contributed by atoms with Gasteiger partial charge in [0.15, 0.2) is 6.79 Å². The van der Waals surface area contributed by atoms with E-state index < -0.39 is 0 Å². The predicted molar refractivity (Wildman–Crippen MR) is 103 cm³/mol. The van der Waals surface area contributed by atoms with Gasteiger partial charge in [-0.05, 0) is 31.5 Å². The average Bonchev–Trinajstić information content (AvgIpc) is 2.64. The van der Waals surface area contributed by atoms with E-state index in [4.69, 9.17) is 9.47 Å². The normalized spacial score (nSPS) is 20.1. The number of ether oxygens (including phenoxy) is 2. The van der Waals surface area contributed by atoms with Crippen LogP contribution in [0.15, 0.2) is 42.5 Å². The minimum atomic E-state index is -0.222. The first kappa shape index (κ1) is 18.4. The molecule has 4 rings (SSSR count). The zero-order chi connectivity index (χ0) is 18.9. The molecule has 1 fully saturated rings. The zero-order valence-electron chi connectivity index (χ0n) is 16.1. The van der Waals surface area contributed by atoms with Gasteiger partial charge in [-0.3, -0.25) is 9.80 Å². The van der Waals surface area contributed by atoms with Gasteiger partial charge in [0.2, 0.25) is 0 Å². The molecule has 0 atom stereocenters. The Bertz CT molecular complexity index is 794. The van der Waals surface area contributed by atoms with Crippen LogP contribution in [-0.4, -0.2) is 41.8 Å². The van der Waals surface area contributed by atoms with E-state index in [-0.39, 0.29) is 18.1 Å². The lowest BCUT2D eigenvalue weighted by molar-refractivity contribution is -0.0192. The van der Waals surface area contributed by atoms with E-state index >= 15 is 0 Å². The van der Waals surface area contributed by atoms with Gasteiger partial charge in [-0.15, -0.1) is 0 Å². The number of piperazine rings is 1. The monoisotopic (exact) mass is 370 g/mol. The van der Waals surface area contributed by atoms with Gasteiger partial charge in [-0.2, -0.15) is 0 Å². The molecule has 2 heterocycles. The fourth-order valence-electron chi connectivity index (χ4n) is 4.14. The Hall–Kier alpha value is -1.95. The lowest BCUT2D eigenvalue weighted by atomic mass is 9.97.